The van der Waals surface area contributed by atoms with Crippen LogP contribution in [-0.4, -0.2) is 39.7 Å². The molecule has 1 aliphatic heterocycles. The molecule has 10 heteroatoms. The first-order valence-corrected chi connectivity index (χ1v) is 9.68. The molecule has 0 atom stereocenters. The molecule has 1 fully saturated rings. The molecular weight excluding hydrogens is 452 g/mol. The fourth-order valence-corrected chi connectivity index (χ4v) is 3.43. The van der Waals surface area contributed by atoms with Crippen molar-refractivity contribution in [2.75, 3.05) is 18.4 Å². The van der Waals surface area contributed by atoms with Crippen LogP contribution < -0.4 is 5.32 Å². The zero-order valence-corrected chi connectivity index (χ0v) is 16.9. The topological polar surface area (TPSA) is 105 Å². The number of piperidine rings is 1. The first-order chi connectivity index (χ1) is 13.3. The summed E-state index contributed by atoms with van der Waals surface area (Å²) in [6.45, 7) is 0.676. The van der Waals surface area contributed by atoms with Gasteiger partial charge in [0.2, 0.25) is 5.91 Å². The lowest BCUT2D eigenvalue weighted by Crippen LogP contribution is -2.41. The first kappa shape index (κ1) is 20.2. The van der Waals surface area contributed by atoms with E-state index >= 15 is 0 Å². The summed E-state index contributed by atoms with van der Waals surface area (Å²) >= 11 is 9.08. The Balaban J connectivity index is 1.62. The molecular formula is C18H16BrClN4O4. The number of nitro benzene ring substituents is 1. The van der Waals surface area contributed by atoms with Crippen LogP contribution in [0.15, 0.2) is 41.0 Å². The number of nitrogens with one attached hydrogen (secondary N) is 1. The lowest BCUT2D eigenvalue weighted by atomic mass is 9.95. The van der Waals surface area contributed by atoms with Gasteiger partial charge in [-0.2, -0.15) is 0 Å². The third kappa shape index (κ3) is 4.66. The number of anilines is 1. The molecule has 2 heterocycles. The second-order valence-corrected chi connectivity index (χ2v) is 7.69. The summed E-state index contributed by atoms with van der Waals surface area (Å²) in [4.78, 5) is 41.3. The molecule has 1 saturated heterocycles. The van der Waals surface area contributed by atoms with Crippen molar-refractivity contribution in [3.8, 4) is 0 Å². The first-order valence-electron chi connectivity index (χ1n) is 8.51. The fourth-order valence-electron chi connectivity index (χ4n) is 3.03. The molecule has 1 N–H and O–H groups in total. The number of pyridine rings is 1. The van der Waals surface area contributed by atoms with Gasteiger partial charge in [-0.25, -0.2) is 4.98 Å². The third-order valence-corrected chi connectivity index (χ3v) is 5.22. The number of hydrogen-bond acceptors (Lipinski definition) is 5. The van der Waals surface area contributed by atoms with E-state index in [4.69, 9.17) is 11.6 Å². The van der Waals surface area contributed by atoms with Crippen molar-refractivity contribution in [1.82, 2.24) is 9.88 Å². The second-order valence-electron chi connectivity index (χ2n) is 6.34. The van der Waals surface area contributed by atoms with Gasteiger partial charge in [0.05, 0.1) is 4.92 Å². The smallest absolute Gasteiger partial charge is 0.283 e. The van der Waals surface area contributed by atoms with Gasteiger partial charge in [0, 0.05) is 40.8 Å². The summed E-state index contributed by atoms with van der Waals surface area (Å²) in [6, 6.07) is 7.46. The van der Waals surface area contributed by atoms with E-state index in [1.807, 2.05) is 0 Å². The third-order valence-electron chi connectivity index (χ3n) is 4.52. The van der Waals surface area contributed by atoms with E-state index in [0.717, 1.165) is 4.47 Å². The largest absolute Gasteiger partial charge is 0.338 e. The zero-order valence-electron chi connectivity index (χ0n) is 14.6. The van der Waals surface area contributed by atoms with Crippen molar-refractivity contribution in [3.63, 3.8) is 0 Å². The Morgan fingerprint density at radius 1 is 1.25 bits per heavy atom. The SMILES string of the molecule is O=C(Nc1ccc(Br)cn1)C1CCN(C(=O)c2ccc(Cl)cc2[N+](=O)[O-])CC1. The minimum Gasteiger partial charge on any atom is -0.338 e. The number of carbonyl (C=O) groups is 2. The number of nitrogens with zero attached hydrogens (tertiary/aromatic N) is 3. The Morgan fingerprint density at radius 3 is 2.57 bits per heavy atom. The van der Waals surface area contributed by atoms with E-state index in [1.54, 1.807) is 18.3 Å². The molecule has 1 aliphatic rings. The van der Waals surface area contributed by atoms with Crippen LogP contribution >= 0.6 is 27.5 Å². The van der Waals surface area contributed by atoms with Gasteiger partial charge in [0.15, 0.2) is 0 Å². The highest BCUT2D eigenvalue weighted by molar-refractivity contribution is 9.10. The van der Waals surface area contributed by atoms with Crippen molar-refractivity contribution in [1.29, 1.82) is 0 Å². The van der Waals surface area contributed by atoms with Crippen LogP contribution in [0, 0.1) is 16.0 Å². The molecule has 2 aromatic rings. The lowest BCUT2D eigenvalue weighted by Gasteiger charge is -2.31. The van der Waals surface area contributed by atoms with Gasteiger partial charge >= 0.3 is 0 Å². The van der Waals surface area contributed by atoms with E-state index in [1.165, 1.54) is 23.1 Å². The lowest BCUT2D eigenvalue weighted by molar-refractivity contribution is -0.385. The molecule has 0 aliphatic carbocycles. The molecule has 3 rings (SSSR count). The molecule has 28 heavy (non-hydrogen) atoms. The summed E-state index contributed by atoms with van der Waals surface area (Å²) in [5.74, 6) is -0.380. The van der Waals surface area contributed by atoms with Crippen LogP contribution in [0.2, 0.25) is 5.02 Å². The predicted octanol–water partition coefficient (Wildman–Crippen LogP) is 3.90. The fraction of sp³-hybridized carbons (Fsp3) is 0.278. The van der Waals surface area contributed by atoms with Crippen LogP contribution in [-0.2, 0) is 4.79 Å². The number of amides is 2. The maximum Gasteiger partial charge on any atom is 0.283 e. The highest BCUT2D eigenvalue weighted by Gasteiger charge is 2.31. The van der Waals surface area contributed by atoms with Gasteiger partial charge < -0.3 is 10.2 Å². The molecule has 0 radical (unpaired) electrons. The van der Waals surface area contributed by atoms with Gasteiger partial charge in [-0.1, -0.05) is 11.6 Å². The number of likely N-dealkylation sites (tertiary alicyclic amines) is 1. The Morgan fingerprint density at radius 2 is 1.96 bits per heavy atom. The maximum absolute atomic E-state index is 12.7. The Kier molecular flexibility index (Phi) is 6.25. The number of carbonyl (C=O) groups excluding carboxylic acids is 2. The number of aromatic nitrogens is 1. The molecule has 0 bridgehead atoms. The minimum absolute atomic E-state index is 0.00337. The van der Waals surface area contributed by atoms with Crippen molar-refractivity contribution in [2.24, 2.45) is 5.92 Å². The van der Waals surface area contributed by atoms with Crippen LogP contribution in [0.3, 0.4) is 0 Å². The molecule has 2 amide bonds. The monoisotopic (exact) mass is 466 g/mol. The Hall–Kier alpha value is -2.52. The summed E-state index contributed by atoms with van der Waals surface area (Å²) < 4.78 is 0.814. The number of benzene rings is 1. The summed E-state index contributed by atoms with van der Waals surface area (Å²) in [5.41, 5.74) is -0.324. The van der Waals surface area contributed by atoms with Crippen molar-refractivity contribution in [2.45, 2.75) is 12.8 Å². The molecule has 0 unspecified atom stereocenters. The number of hydrogen-bond donors (Lipinski definition) is 1. The molecule has 0 saturated carbocycles. The Labute approximate surface area is 174 Å². The summed E-state index contributed by atoms with van der Waals surface area (Å²) in [6.07, 6.45) is 2.53. The van der Waals surface area contributed by atoms with Crippen LogP contribution in [0.25, 0.3) is 0 Å². The summed E-state index contributed by atoms with van der Waals surface area (Å²) in [7, 11) is 0. The second kappa shape index (κ2) is 8.66. The van der Waals surface area contributed by atoms with Gasteiger partial charge in [-0.05, 0) is 53.0 Å². The standard InChI is InChI=1S/C18H16BrClN4O4/c19-12-1-4-16(21-10-12)22-17(25)11-5-7-23(8-6-11)18(26)14-3-2-13(20)9-15(14)24(27)28/h1-4,9-11H,5-8H2,(H,21,22,25). The van der Waals surface area contributed by atoms with Crippen molar-refractivity contribution >= 4 is 50.9 Å². The highest BCUT2D eigenvalue weighted by Crippen LogP contribution is 2.27. The molecule has 146 valence electrons. The summed E-state index contributed by atoms with van der Waals surface area (Å²) in [5, 5.41) is 14.2. The average Bonchev–Trinajstić information content (AvgIpc) is 2.69. The van der Waals surface area contributed by atoms with E-state index in [9.17, 15) is 19.7 Å². The average molecular weight is 468 g/mol. The van der Waals surface area contributed by atoms with Gasteiger partial charge in [0.25, 0.3) is 11.6 Å². The Bertz CT molecular complexity index is 914. The number of halogens is 2. The van der Waals surface area contributed by atoms with Gasteiger partial charge in [-0.3, -0.25) is 19.7 Å². The van der Waals surface area contributed by atoms with E-state index < -0.39 is 10.8 Å². The maximum atomic E-state index is 12.7. The normalized spacial score (nSPS) is 14.6. The van der Waals surface area contributed by atoms with Crippen LogP contribution in [0.1, 0.15) is 23.2 Å². The molecule has 0 spiro atoms. The van der Waals surface area contributed by atoms with Crippen LogP contribution in [0.4, 0.5) is 11.5 Å². The predicted molar refractivity (Wildman–Crippen MR) is 107 cm³/mol. The van der Waals surface area contributed by atoms with Crippen molar-refractivity contribution < 1.29 is 14.5 Å². The molecule has 1 aromatic carbocycles. The van der Waals surface area contributed by atoms with Gasteiger partial charge in [-0.15, -0.1) is 0 Å². The number of nitro groups is 1. The number of rotatable bonds is 4. The quantitative estimate of drug-likeness (QED) is 0.542. The molecule has 1 aromatic heterocycles. The van der Waals surface area contributed by atoms with Crippen molar-refractivity contribution in [3.05, 3.63) is 61.7 Å². The van der Waals surface area contributed by atoms with E-state index in [2.05, 4.69) is 26.2 Å². The minimum atomic E-state index is -0.621. The van der Waals surface area contributed by atoms with E-state index in [0.29, 0.717) is 31.7 Å². The van der Waals surface area contributed by atoms with Gasteiger partial charge in [0.1, 0.15) is 11.4 Å². The zero-order chi connectivity index (χ0) is 20.3. The highest BCUT2D eigenvalue weighted by atomic mass is 79.9. The molecule has 8 nitrogen and oxygen atoms in total. The van der Waals surface area contributed by atoms with E-state index in [-0.39, 0.29) is 28.1 Å². The van der Waals surface area contributed by atoms with Crippen LogP contribution in [0.5, 0.6) is 0 Å².